The summed E-state index contributed by atoms with van der Waals surface area (Å²) in [7, 11) is -1.44. The second-order valence-corrected chi connectivity index (χ2v) is 19.3. The number of sulfonamides is 1. The minimum atomic E-state index is -4.94. The molecule has 7 atom stereocenters. The fourth-order valence-electron chi connectivity index (χ4n) is 7.62. The third-order valence-electron chi connectivity index (χ3n) is 12.2. The minimum absolute atomic E-state index is 0.0550. The van der Waals surface area contributed by atoms with Crippen LogP contribution in [0.25, 0.3) is 10.8 Å². The van der Waals surface area contributed by atoms with E-state index in [1.165, 1.54) is 33.4 Å². The number of halogens is 4. The molecular weight excluding hydrogens is 819 g/mol. The molecule has 2 aromatic rings. The Labute approximate surface area is 345 Å². The summed E-state index contributed by atoms with van der Waals surface area (Å²) < 4.78 is 105. The van der Waals surface area contributed by atoms with Crippen LogP contribution in [0.3, 0.4) is 0 Å². The highest BCUT2D eigenvalue weighted by molar-refractivity contribution is 7.91. The second kappa shape index (κ2) is 16.2. The van der Waals surface area contributed by atoms with Crippen molar-refractivity contribution in [3.8, 4) is 17.4 Å². The summed E-state index contributed by atoms with van der Waals surface area (Å²) in [6.45, 7) is 6.07. The number of ether oxygens (including phenoxy) is 4. The molecule has 3 fully saturated rings. The number of carbonyl (C=O) groups is 4. The van der Waals surface area contributed by atoms with Crippen LogP contribution in [0.15, 0.2) is 30.5 Å². The molecule has 0 bridgehead atoms. The molecule has 2 aliphatic heterocycles. The summed E-state index contributed by atoms with van der Waals surface area (Å²) in [4.78, 5) is 61.8. The maximum atomic E-state index is 15.1. The monoisotopic (exact) mass is 869 g/mol. The quantitative estimate of drug-likeness (QED) is 0.226. The zero-order valence-electron chi connectivity index (χ0n) is 34.4. The lowest BCUT2D eigenvalue weighted by Crippen LogP contribution is -2.59. The molecule has 330 valence electrons. The number of amides is 4. The summed E-state index contributed by atoms with van der Waals surface area (Å²) in [5.74, 6) is -4.66. The number of allylic oxidation sites excluding steroid dienone is 1. The molecule has 15 nitrogen and oxygen atoms in total. The van der Waals surface area contributed by atoms with E-state index in [1.807, 2.05) is 13.0 Å². The van der Waals surface area contributed by atoms with Gasteiger partial charge in [0.25, 0.3) is 5.91 Å². The zero-order chi connectivity index (χ0) is 44.2. The predicted molar refractivity (Wildman–Crippen MR) is 208 cm³/mol. The number of nitrogens with zero attached hydrogens (tertiary/aromatic N) is 2. The summed E-state index contributed by atoms with van der Waals surface area (Å²) in [6.07, 6.45) is -0.591. The molecule has 2 aliphatic carbocycles. The van der Waals surface area contributed by atoms with E-state index in [0.717, 1.165) is 11.0 Å². The zero-order valence-corrected chi connectivity index (χ0v) is 35.2. The molecule has 0 unspecified atom stereocenters. The smallest absolute Gasteiger partial charge is 0.427 e. The minimum Gasteiger partial charge on any atom is -0.494 e. The van der Waals surface area contributed by atoms with Crippen molar-refractivity contribution in [1.29, 1.82) is 0 Å². The van der Waals surface area contributed by atoms with Crippen molar-refractivity contribution in [3.05, 3.63) is 36.3 Å². The second-order valence-electron chi connectivity index (χ2n) is 17.1. The van der Waals surface area contributed by atoms with Crippen molar-refractivity contribution in [3.63, 3.8) is 0 Å². The Bertz CT molecular complexity index is 2180. The maximum absolute atomic E-state index is 15.1. The van der Waals surface area contributed by atoms with E-state index < -0.39 is 91.7 Å². The number of aromatic nitrogens is 1. The van der Waals surface area contributed by atoms with Gasteiger partial charge in [0.2, 0.25) is 33.3 Å². The standard InChI is InChI=1S/C40H51F4N5O10S/c1-21-9-8-10-22(2)31(46-36(53)59-37(3,4)40(42,43)44)34(51)49-20-24(58-33-26-16-27(41)29(56-6)17-25(26)30(57-7)19-45-33)15-28(49)32(50)47-39(18-23(39)12-11-21)35(52)48-60(54,55)38(5)13-14-38/h11-12,16-17,19,21-24,28,31H,8-10,13-15,18,20H2,1-7H3,(H,46,53)(H,47,50)(H,48,52)/b12-11-/t21-,22-,23-,24-,28+,31+,39-/m1/s1. The van der Waals surface area contributed by atoms with Crippen LogP contribution in [0.4, 0.5) is 22.4 Å². The number of alkyl halides is 3. The van der Waals surface area contributed by atoms with Gasteiger partial charge in [0.1, 0.15) is 29.5 Å². The molecule has 0 radical (unpaired) electrons. The number of fused-ring (bicyclic) bond motifs is 3. The summed E-state index contributed by atoms with van der Waals surface area (Å²) in [6, 6.07) is -0.399. The lowest BCUT2D eigenvalue weighted by Gasteiger charge is -2.33. The molecular formula is C40H51F4N5O10S. The van der Waals surface area contributed by atoms with Crippen LogP contribution in [0.2, 0.25) is 0 Å². The van der Waals surface area contributed by atoms with Gasteiger partial charge in [-0.15, -0.1) is 0 Å². The number of hydrogen-bond donors (Lipinski definition) is 3. The Hall–Kier alpha value is -4.88. The molecule has 60 heavy (non-hydrogen) atoms. The highest BCUT2D eigenvalue weighted by Crippen LogP contribution is 2.48. The SMILES string of the molecule is COc1cc2c(OC)cnc(O[C@@H]3C[C@H]4C(=O)N[C@]5(C(=O)NS(=O)(=O)C6(C)CC6)C[C@H]5/C=C\[C@H](C)CCC[C@@H](C)[C@H](NC(=O)OC(C)(C)C(F)(F)F)C(=O)N4C3)c2cc1F. The van der Waals surface area contributed by atoms with Gasteiger partial charge >= 0.3 is 12.3 Å². The van der Waals surface area contributed by atoms with E-state index in [0.29, 0.717) is 51.3 Å². The van der Waals surface area contributed by atoms with E-state index in [2.05, 4.69) is 20.3 Å². The molecule has 1 saturated heterocycles. The number of benzene rings is 1. The van der Waals surface area contributed by atoms with Gasteiger partial charge in [-0.05, 0) is 76.8 Å². The third-order valence-corrected chi connectivity index (χ3v) is 14.3. The van der Waals surface area contributed by atoms with Gasteiger partial charge in [0, 0.05) is 17.7 Å². The normalized spacial score (nSPS) is 28.8. The highest BCUT2D eigenvalue weighted by Gasteiger charge is 2.63. The van der Waals surface area contributed by atoms with Crippen molar-refractivity contribution < 1.29 is 64.1 Å². The average molecular weight is 870 g/mol. The Kier molecular flexibility index (Phi) is 12.1. The Morgan fingerprint density at radius 3 is 2.33 bits per heavy atom. The number of rotatable bonds is 9. The number of carbonyl (C=O) groups excluding carboxylic acids is 4. The largest absolute Gasteiger partial charge is 0.494 e. The van der Waals surface area contributed by atoms with Crippen molar-refractivity contribution in [2.45, 2.75) is 120 Å². The topological polar surface area (TPSA) is 192 Å². The lowest BCUT2D eigenvalue weighted by atomic mass is 9.92. The first-order valence-electron chi connectivity index (χ1n) is 19.8. The van der Waals surface area contributed by atoms with Crippen LogP contribution in [0.1, 0.15) is 79.6 Å². The van der Waals surface area contributed by atoms with Crippen molar-refractivity contribution in [2.24, 2.45) is 17.8 Å². The average Bonchev–Trinajstić information content (AvgIpc) is 4.05. The van der Waals surface area contributed by atoms with Crippen molar-refractivity contribution >= 4 is 44.6 Å². The molecule has 1 aromatic heterocycles. The molecule has 20 heteroatoms. The summed E-state index contributed by atoms with van der Waals surface area (Å²) in [5, 5.41) is 5.62. The molecule has 4 amide bonds. The molecule has 6 rings (SSSR count). The van der Waals surface area contributed by atoms with Crippen molar-refractivity contribution in [2.75, 3.05) is 20.8 Å². The van der Waals surface area contributed by atoms with Crippen LogP contribution in [-0.2, 0) is 29.1 Å². The number of methoxy groups -OCH3 is 2. The van der Waals surface area contributed by atoms with Gasteiger partial charge in [-0.1, -0.05) is 32.4 Å². The van der Waals surface area contributed by atoms with Crippen LogP contribution < -0.4 is 29.6 Å². The van der Waals surface area contributed by atoms with Gasteiger partial charge in [-0.25, -0.2) is 22.6 Å². The van der Waals surface area contributed by atoms with E-state index >= 15 is 4.39 Å². The van der Waals surface area contributed by atoms with E-state index in [4.69, 9.17) is 18.9 Å². The Morgan fingerprint density at radius 2 is 1.70 bits per heavy atom. The number of pyridine rings is 1. The molecule has 3 N–H and O–H groups in total. The third kappa shape index (κ3) is 8.79. The fourth-order valence-corrected chi connectivity index (χ4v) is 8.94. The van der Waals surface area contributed by atoms with Crippen LogP contribution in [0.5, 0.6) is 17.4 Å². The summed E-state index contributed by atoms with van der Waals surface area (Å²) in [5.41, 5.74) is -4.63. The molecule has 3 heterocycles. The first-order chi connectivity index (χ1) is 28.0. The van der Waals surface area contributed by atoms with Crippen LogP contribution in [-0.4, -0.2) is 103 Å². The summed E-state index contributed by atoms with van der Waals surface area (Å²) >= 11 is 0. The Morgan fingerprint density at radius 1 is 1.02 bits per heavy atom. The van der Waals surface area contributed by atoms with Crippen LogP contribution >= 0.6 is 0 Å². The molecule has 2 saturated carbocycles. The van der Waals surface area contributed by atoms with Gasteiger partial charge < -0.3 is 34.5 Å². The molecule has 0 spiro atoms. The first kappa shape index (κ1) is 44.7. The van der Waals surface area contributed by atoms with Crippen molar-refractivity contribution in [1.82, 2.24) is 25.2 Å². The Balaban J connectivity index is 1.37. The van der Waals surface area contributed by atoms with E-state index in [9.17, 15) is 40.8 Å². The van der Waals surface area contributed by atoms with Gasteiger partial charge in [0.15, 0.2) is 11.6 Å². The fraction of sp³-hybridized carbons (Fsp3) is 0.625. The lowest BCUT2D eigenvalue weighted by molar-refractivity contribution is -0.244. The number of hydrogen-bond acceptors (Lipinski definition) is 11. The molecule has 4 aliphatic rings. The molecule has 1 aromatic carbocycles. The maximum Gasteiger partial charge on any atom is 0.427 e. The van der Waals surface area contributed by atoms with Gasteiger partial charge in [-0.2, -0.15) is 13.2 Å². The van der Waals surface area contributed by atoms with Gasteiger partial charge in [0.05, 0.1) is 37.1 Å². The first-order valence-corrected chi connectivity index (χ1v) is 21.2. The number of alkyl carbamates (subject to hydrolysis) is 1. The van der Waals surface area contributed by atoms with E-state index in [-0.39, 0.29) is 48.1 Å². The van der Waals surface area contributed by atoms with E-state index in [1.54, 1.807) is 13.0 Å². The predicted octanol–water partition coefficient (Wildman–Crippen LogP) is 5.06. The van der Waals surface area contributed by atoms with Crippen LogP contribution in [0, 0.1) is 23.6 Å². The highest BCUT2D eigenvalue weighted by atomic mass is 32.2. The number of nitrogens with one attached hydrogen (secondary N) is 3. The van der Waals surface area contributed by atoms with Gasteiger partial charge in [-0.3, -0.25) is 19.1 Å².